The largest absolute Gasteiger partial charge is 0.481 e. The fourth-order valence-electron chi connectivity index (χ4n) is 0.886. The third-order valence-corrected chi connectivity index (χ3v) is 1.66. The number of esters is 2. The quantitative estimate of drug-likeness (QED) is 0.183. The van der Waals surface area contributed by atoms with Crippen LogP contribution in [-0.4, -0.2) is 55.9 Å². The predicted octanol–water partition coefficient (Wildman–Crippen LogP) is -2.18. The van der Waals surface area contributed by atoms with Crippen LogP contribution in [0.3, 0.4) is 0 Å². The summed E-state index contributed by atoms with van der Waals surface area (Å²) in [7, 11) is 0. The van der Waals surface area contributed by atoms with E-state index in [0.717, 1.165) is 0 Å². The Labute approximate surface area is 120 Å². The third kappa shape index (κ3) is 6.67. The van der Waals surface area contributed by atoms with Crippen LogP contribution in [0.5, 0.6) is 0 Å². The van der Waals surface area contributed by atoms with Crippen molar-refractivity contribution in [2.24, 2.45) is 0 Å². The van der Waals surface area contributed by atoms with Gasteiger partial charge >= 0.3 is 29.8 Å². The average Bonchev–Trinajstić information content (AvgIpc) is 2.14. The van der Waals surface area contributed by atoms with E-state index < -0.39 is 48.3 Å². The van der Waals surface area contributed by atoms with Crippen molar-refractivity contribution < 1.29 is 71.5 Å². The van der Waals surface area contributed by atoms with E-state index in [4.69, 9.17) is 15.3 Å². The zero-order chi connectivity index (χ0) is 14.5. The molecule has 0 spiro atoms. The fourth-order valence-corrected chi connectivity index (χ4v) is 0.886. The summed E-state index contributed by atoms with van der Waals surface area (Å²) in [6, 6.07) is 0. The van der Waals surface area contributed by atoms with Crippen LogP contribution >= 0.6 is 0 Å². The number of rotatable bonds is 5. The first kappa shape index (κ1) is 19.6. The molecule has 0 fully saturated rings. The SMILES string of the molecule is O=C(O)CC(O)(CC(=O)OC(=O)C(=O)O)C(=O)O.[Nb]. The molecule has 0 amide bonds. The molecule has 1 atom stereocenters. The van der Waals surface area contributed by atoms with Crippen molar-refractivity contribution in [2.45, 2.75) is 18.4 Å². The Kier molecular flexibility index (Phi) is 7.87. The van der Waals surface area contributed by atoms with Gasteiger partial charge in [-0.25, -0.2) is 14.4 Å². The molecule has 1 unspecified atom stereocenters. The Morgan fingerprint density at radius 1 is 0.947 bits per heavy atom. The molecule has 0 heterocycles. The van der Waals surface area contributed by atoms with Gasteiger partial charge in [0.15, 0.2) is 5.60 Å². The zero-order valence-electron chi connectivity index (χ0n) is 9.10. The van der Waals surface area contributed by atoms with Crippen molar-refractivity contribution >= 4 is 29.8 Å². The molecular formula is C8H8NbO10. The normalized spacial score (nSPS) is 12.5. The molecule has 0 aliphatic rings. The summed E-state index contributed by atoms with van der Waals surface area (Å²) < 4.78 is 3.65. The second-order valence-electron chi connectivity index (χ2n) is 3.15. The van der Waals surface area contributed by atoms with Crippen molar-refractivity contribution in [3.05, 3.63) is 0 Å². The van der Waals surface area contributed by atoms with E-state index in [1.165, 1.54) is 0 Å². The molecule has 0 rings (SSSR count). The number of carbonyl (C=O) groups excluding carboxylic acids is 2. The molecule has 0 aromatic rings. The van der Waals surface area contributed by atoms with Gasteiger partial charge in [0.25, 0.3) is 0 Å². The van der Waals surface area contributed by atoms with Crippen LogP contribution in [0.15, 0.2) is 0 Å². The standard InChI is InChI=1S/C8H8O10.Nb/c9-3(10)1-8(17,7(15)16)2-4(11)18-6(14)5(12)13;/h17H,1-2H2,(H,9,10)(H,12,13)(H,15,16);. The van der Waals surface area contributed by atoms with E-state index in [2.05, 4.69) is 4.74 Å². The van der Waals surface area contributed by atoms with E-state index in [1.54, 1.807) is 0 Å². The maximum atomic E-state index is 10.9. The molecule has 0 aromatic carbocycles. The van der Waals surface area contributed by atoms with Gasteiger partial charge in [0.05, 0.1) is 12.8 Å². The van der Waals surface area contributed by atoms with Gasteiger partial charge in [0, 0.05) is 22.4 Å². The molecule has 10 nitrogen and oxygen atoms in total. The van der Waals surface area contributed by atoms with Crippen LogP contribution in [-0.2, 0) is 51.1 Å². The number of carbonyl (C=O) groups is 5. The number of carboxylic acid groups (broad SMARTS) is 3. The minimum Gasteiger partial charge on any atom is -0.481 e. The molecule has 105 valence electrons. The van der Waals surface area contributed by atoms with E-state index in [0.29, 0.717) is 0 Å². The first-order chi connectivity index (χ1) is 8.08. The Balaban J connectivity index is 0. The molecule has 0 bridgehead atoms. The Bertz CT molecular complexity index is 416. The summed E-state index contributed by atoms with van der Waals surface area (Å²) >= 11 is 0. The van der Waals surface area contributed by atoms with Gasteiger partial charge < -0.3 is 25.2 Å². The first-order valence-electron chi connectivity index (χ1n) is 4.24. The van der Waals surface area contributed by atoms with Gasteiger partial charge in [-0.05, 0) is 0 Å². The number of ether oxygens (including phenoxy) is 1. The van der Waals surface area contributed by atoms with Gasteiger partial charge in [-0.3, -0.25) is 9.59 Å². The molecule has 11 heteroatoms. The molecule has 0 saturated heterocycles. The Morgan fingerprint density at radius 2 is 1.42 bits per heavy atom. The fraction of sp³-hybridized carbons (Fsp3) is 0.375. The van der Waals surface area contributed by atoms with Gasteiger partial charge in [-0.15, -0.1) is 0 Å². The summed E-state index contributed by atoms with van der Waals surface area (Å²) in [5.41, 5.74) is -2.98. The van der Waals surface area contributed by atoms with Crippen LogP contribution in [0.25, 0.3) is 0 Å². The summed E-state index contributed by atoms with van der Waals surface area (Å²) in [4.78, 5) is 52.3. The van der Waals surface area contributed by atoms with Gasteiger partial charge in [0.1, 0.15) is 0 Å². The number of aliphatic hydroxyl groups is 1. The third-order valence-electron chi connectivity index (χ3n) is 1.66. The van der Waals surface area contributed by atoms with Crippen molar-refractivity contribution in [1.82, 2.24) is 0 Å². The second-order valence-corrected chi connectivity index (χ2v) is 3.15. The molecule has 0 saturated carbocycles. The Morgan fingerprint density at radius 3 is 1.74 bits per heavy atom. The predicted molar refractivity (Wildman–Crippen MR) is 48.2 cm³/mol. The second kappa shape index (κ2) is 7.63. The maximum Gasteiger partial charge on any atom is 0.424 e. The van der Waals surface area contributed by atoms with Crippen LogP contribution in [0.2, 0.25) is 0 Å². The monoisotopic (exact) mass is 357 g/mol. The van der Waals surface area contributed by atoms with E-state index in [1.807, 2.05) is 0 Å². The molecule has 1 radical (unpaired) electrons. The van der Waals surface area contributed by atoms with Crippen molar-refractivity contribution in [2.75, 3.05) is 0 Å². The molecule has 0 aliphatic carbocycles. The average molecular weight is 357 g/mol. The first-order valence-corrected chi connectivity index (χ1v) is 4.24. The Hall–Kier alpha value is -1.75. The molecule has 4 N–H and O–H groups in total. The summed E-state index contributed by atoms with van der Waals surface area (Å²) in [6.07, 6.45) is -2.70. The zero-order valence-corrected chi connectivity index (χ0v) is 11.3. The van der Waals surface area contributed by atoms with E-state index in [9.17, 15) is 29.1 Å². The molecule has 19 heavy (non-hydrogen) atoms. The summed E-state index contributed by atoms with van der Waals surface area (Å²) in [6.45, 7) is 0. The summed E-state index contributed by atoms with van der Waals surface area (Å²) in [5, 5.41) is 34.3. The summed E-state index contributed by atoms with van der Waals surface area (Å²) in [5.74, 6) is -9.47. The van der Waals surface area contributed by atoms with Crippen LogP contribution in [0.1, 0.15) is 12.8 Å². The molecule has 0 aliphatic heterocycles. The molecular weight excluding hydrogens is 349 g/mol. The number of aliphatic carboxylic acids is 3. The number of hydrogen-bond acceptors (Lipinski definition) is 7. The molecule has 0 aromatic heterocycles. The topological polar surface area (TPSA) is 175 Å². The van der Waals surface area contributed by atoms with Crippen LogP contribution in [0.4, 0.5) is 0 Å². The van der Waals surface area contributed by atoms with Crippen molar-refractivity contribution in [1.29, 1.82) is 0 Å². The van der Waals surface area contributed by atoms with Crippen LogP contribution < -0.4 is 0 Å². The van der Waals surface area contributed by atoms with E-state index in [-0.39, 0.29) is 22.4 Å². The van der Waals surface area contributed by atoms with Gasteiger partial charge in [0.2, 0.25) is 0 Å². The minimum absolute atomic E-state index is 0. The van der Waals surface area contributed by atoms with Gasteiger partial charge in [-0.1, -0.05) is 0 Å². The number of hydrogen-bond donors (Lipinski definition) is 4. The minimum atomic E-state index is -2.98. The van der Waals surface area contributed by atoms with Gasteiger partial charge in [-0.2, -0.15) is 0 Å². The number of carboxylic acids is 3. The van der Waals surface area contributed by atoms with Crippen molar-refractivity contribution in [3.63, 3.8) is 0 Å². The van der Waals surface area contributed by atoms with Crippen molar-refractivity contribution in [3.8, 4) is 0 Å². The maximum absolute atomic E-state index is 10.9. The van der Waals surface area contributed by atoms with Crippen LogP contribution in [0, 0.1) is 0 Å². The van der Waals surface area contributed by atoms with E-state index >= 15 is 0 Å². The smallest absolute Gasteiger partial charge is 0.424 e.